The molecule has 0 aliphatic rings. The fraction of sp³-hybridized carbons (Fsp3) is 0.143. The van der Waals surface area contributed by atoms with Gasteiger partial charge in [-0.15, -0.1) is 0 Å². The molecule has 1 heterocycles. The molecular formula is C21H15F5N2O3S. The first-order chi connectivity index (χ1) is 15.0. The summed E-state index contributed by atoms with van der Waals surface area (Å²) in [4.78, 5) is 13.4. The molecular weight excluding hydrogens is 455 g/mol. The zero-order valence-electron chi connectivity index (χ0n) is 16.5. The number of aromatic nitrogens is 1. The summed E-state index contributed by atoms with van der Waals surface area (Å²) < 4.78 is 95.8. The Morgan fingerprint density at radius 3 is 2.19 bits per heavy atom. The van der Waals surface area contributed by atoms with Crippen LogP contribution >= 0.6 is 0 Å². The van der Waals surface area contributed by atoms with Crippen LogP contribution in [0.4, 0.5) is 22.0 Å². The Balaban J connectivity index is 2.09. The third-order valence-electron chi connectivity index (χ3n) is 4.59. The highest BCUT2D eigenvalue weighted by molar-refractivity contribution is 7.89. The summed E-state index contributed by atoms with van der Waals surface area (Å²) in [5.74, 6) is -9.70. The normalized spacial score (nSPS) is 11.7. The number of carbonyl (C=O) groups is 1. The van der Waals surface area contributed by atoms with Gasteiger partial charge in [-0.05, 0) is 18.6 Å². The van der Waals surface area contributed by atoms with E-state index in [4.69, 9.17) is 0 Å². The van der Waals surface area contributed by atoms with Gasteiger partial charge in [-0.25, -0.2) is 31.0 Å². The van der Waals surface area contributed by atoms with Gasteiger partial charge in [0, 0.05) is 36.5 Å². The summed E-state index contributed by atoms with van der Waals surface area (Å²) in [6.07, 6.45) is 1.13. The average Bonchev–Trinajstić information content (AvgIpc) is 2.76. The Bertz CT molecular complexity index is 1280. The van der Waals surface area contributed by atoms with Crippen LogP contribution in [0.3, 0.4) is 0 Å². The second-order valence-corrected chi connectivity index (χ2v) is 8.68. The average molecular weight is 470 g/mol. The van der Waals surface area contributed by atoms with Crippen LogP contribution in [0.25, 0.3) is 0 Å². The molecule has 0 fully saturated rings. The minimum atomic E-state index is -4.98. The van der Waals surface area contributed by atoms with Crippen LogP contribution in [-0.2, 0) is 23.1 Å². The van der Waals surface area contributed by atoms with E-state index in [2.05, 4.69) is 4.98 Å². The van der Waals surface area contributed by atoms with Gasteiger partial charge in [-0.2, -0.15) is 8.70 Å². The molecule has 5 nitrogen and oxygen atoms in total. The first-order valence-electron chi connectivity index (χ1n) is 9.04. The van der Waals surface area contributed by atoms with Crippen LogP contribution in [0.1, 0.15) is 28.4 Å². The largest absolute Gasteiger partial charge is 0.295 e. The third kappa shape index (κ3) is 4.68. The van der Waals surface area contributed by atoms with Gasteiger partial charge in [0.25, 0.3) is 0 Å². The molecule has 1 aromatic heterocycles. The van der Waals surface area contributed by atoms with Crippen molar-refractivity contribution in [3.8, 4) is 0 Å². The molecule has 0 N–H and O–H groups in total. The van der Waals surface area contributed by atoms with Gasteiger partial charge in [-0.1, -0.05) is 30.3 Å². The molecule has 0 saturated heterocycles. The minimum Gasteiger partial charge on any atom is -0.295 e. The second-order valence-electron chi connectivity index (χ2n) is 6.78. The van der Waals surface area contributed by atoms with Gasteiger partial charge in [0.15, 0.2) is 29.1 Å². The predicted molar refractivity (Wildman–Crippen MR) is 103 cm³/mol. The summed E-state index contributed by atoms with van der Waals surface area (Å²) in [5, 5.41) is 0. The second kappa shape index (κ2) is 9.13. The first kappa shape index (κ1) is 23.5. The van der Waals surface area contributed by atoms with Crippen LogP contribution in [-0.4, -0.2) is 23.5 Å². The summed E-state index contributed by atoms with van der Waals surface area (Å²) in [7, 11) is -4.98. The smallest absolute Gasteiger partial charge is 0.246 e. The van der Waals surface area contributed by atoms with Crippen molar-refractivity contribution in [2.24, 2.45) is 0 Å². The van der Waals surface area contributed by atoms with Crippen molar-refractivity contribution in [3.05, 3.63) is 94.6 Å². The number of ketones is 1. The molecule has 0 radical (unpaired) electrons. The van der Waals surface area contributed by atoms with Crippen LogP contribution in [0.15, 0.2) is 53.6 Å². The van der Waals surface area contributed by atoms with Gasteiger partial charge < -0.3 is 0 Å². The molecule has 0 unspecified atom stereocenters. The molecule has 0 aliphatic carbocycles. The minimum absolute atomic E-state index is 0.0224. The number of carbonyl (C=O) groups excluding carboxylic acids is 1. The lowest BCUT2D eigenvalue weighted by molar-refractivity contribution is 0.101. The van der Waals surface area contributed by atoms with Crippen molar-refractivity contribution in [1.29, 1.82) is 0 Å². The maximum absolute atomic E-state index is 14.3. The van der Waals surface area contributed by atoms with Crippen LogP contribution in [0.5, 0.6) is 0 Å². The predicted octanol–water partition coefficient (Wildman–Crippen LogP) is 4.37. The Kier molecular flexibility index (Phi) is 6.70. The van der Waals surface area contributed by atoms with Crippen molar-refractivity contribution in [2.45, 2.75) is 24.9 Å². The van der Waals surface area contributed by atoms with Gasteiger partial charge in [0.05, 0.1) is 0 Å². The van der Waals surface area contributed by atoms with E-state index in [1.165, 1.54) is 43.3 Å². The van der Waals surface area contributed by atoms with Gasteiger partial charge in [-0.3, -0.25) is 4.79 Å². The maximum Gasteiger partial charge on any atom is 0.246 e. The Labute approximate surface area is 180 Å². The molecule has 0 spiro atoms. The number of rotatable bonds is 7. The van der Waals surface area contributed by atoms with Crippen LogP contribution < -0.4 is 0 Å². The topological polar surface area (TPSA) is 67.3 Å². The quantitative estimate of drug-likeness (QED) is 0.169. The lowest BCUT2D eigenvalue weighted by atomic mass is 10.1. The standard InChI is InChI=1S/C21H15F5N2O3S/c1-12(29)14-6-4-13(5-7-14)10-28(11-15-3-2-8-27-21(15)26)32(30,31)17-9-16(22)18(23)20(25)19(17)24/h2-9H,10-11H2,1H3. The van der Waals surface area contributed by atoms with E-state index in [1.54, 1.807) is 0 Å². The number of halogens is 5. The van der Waals surface area contributed by atoms with Crippen molar-refractivity contribution >= 4 is 15.8 Å². The Morgan fingerprint density at radius 2 is 1.59 bits per heavy atom. The number of pyridine rings is 1. The van der Waals surface area contributed by atoms with E-state index < -0.39 is 57.2 Å². The number of Topliss-reactive ketones (excluding diaryl/α,β-unsaturated/α-hetero) is 1. The number of benzene rings is 2. The number of nitrogens with zero attached hydrogens (tertiary/aromatic N) is 2. The number of hydrogen-bond donors (Lipinski definition) is 0. The summed E-state index contributed by atoms with van der Waals surface area (Å²) in [6, 6.07) is 8.26. The molecule has 3 aromatic rings. The molecule has 168 valence electrons. The summed E-state index contributed by atoms with van der Waals surface area (Å²) >= 11 is 0. The SMILES string of the molecule is CC(=O)c1ccc(CN(Cc2cccnc2F)S(=O)(=O)c2cc(F)c(F)c(F)c2F)cc1. The molecule has 2 aromatic carbocycles. The van der Waals surface area contributed by atoms with E-state index in [-0.39, 0.29) is 17.4 Å². The number of hydrogen-bond acceptors (Lipinski definition) is 4. The summed E-state index contributed by atoms with van der Waals surface area (Å²) in [5.41, 5.74) is 0.460. The lowest BCUT2D eigenvalue weighted by Gasteiger charge is -2.23. The number of sulfonamides is 1. The van der Waals surface area contributed by atoms with E-state index in [0.717, 1.165) is 6.20 Å². The lowest BCUT2D eigenvalue weighted by Crippen LogP contribution is -2.32. The van der Waals surface area contributed by atoms with E-state index in [0.29, 0.717) is 15.4 Å². The third-order valence-corrected chi connectivity index (χ3v) is 6.38. The highest BCUT2D eigenvalue weighted by Crippen LogP contribution is 2.28. The van der Waals surface area contributed by atoms with Crippen molar-refractivity contribution in [2.75, 3.05) is 0 Å². The molecule has 0 saturated carbocycles. The molecule has 0 amide bonds. The van der Waals surface area contributed by atoms with Gasteiger partial charge in [0.2, 0.25) is 16.0 Å². The Hall–Kier alpha value is -3.18. The molecule has 3 rings (SSSR count). The highest BCUT2D eigenvalue weighted by atomic mass is 32.2. The summed E-state index contributed by atoms with van der Waals surface area (Å²) in [6.45, 7) is 0.183. The molecule has 11 heteroatoms. The molecule has 0 bridgehead atoms. The van der Waals surface area contributed by atoms with Crippen LogP contribution in [0, 0.1) is 29.2 Å². The zero-order valence-corrected chi connectivity index (χ0v) is 17.3. The van der Waals surface area contributed by atoms with E-state index >= 15 is 0 Å². The van der Waals surface area contributed by atoms with E-state index in [1.807, 2.05) is 0 Å². The van der Waals surface area contributed by atoms with E-state index in [9.17, 15) is 35.2 Å². The first-order valence-corrected chi connectivity index (χ1v) is 10.5. The van der Waals surface area contributed by atoms with Crippen LogP contribution in [0.2, 0.25) is 0 Å². The van der Waals surface area contributed by atoms with Gasteiger partial charge in [0.1, 0.15) is 4.90 Å². The van der Waals surface area contributed by atoms with Crippen molar-refractivity contribution in [3.63, 3.8) is 0 Å². The molecule has 0 atom stereocenters. The molecule has 32 heavy (non-hydrogen) atoms. The van der Waals surface area contributed by atoms with Crippen molar-refractivity contribution < 1.29 is 35.2 Å². The maximum atomic E-state index is 14.3. The highest BCUT2D eigenvalue weighted by Gasteiger charge is 2.33. The van der Waals surface area contributed by atoms with Gasteiger partial charge >= 0.3 is 0 Å². The zero-order chi connectivity index (χ0) is 23.6. The van der Waals surface area contributed by atoms with Crippen molar-refractivity contribution in [1.82, 2.24) is 9.29 Å². The monoisotopic (exact) mass is 470 g/mol. The Morgan fingerprint density at radius 1 is 0.938 bits per heavy atom. The fourth-order valence-corrected chi connectivity index (χ4v) is 4.35. The fourth-order valence-electron chi connectivity index (χ4n) is 2.88. The molecule has 0 aliphatic heterocycles.